The summed E-state index contributed by atoms with van der Waals surface area (Å²) in [5, 5.41) is 3.63. The summed E-state index contributed by atoms with van der Waals surface area (Å²) in [6, 6.07) is 8.16. The van der Waals surface area contributed by atoms with Crippen LogP contribution >= 0.6 is 12.1 Å². The number of hydrogen-bond donors (Lipinski definition) is 1. The van der Waals surface area contributed by atoms with Gasteiger partial charge in [0, 0.05) is 56.3 Å². The molecule has 0 bridgehead atoms. The molecule has 0 amide bonds. The quantitative estimate of drug-likeness (QED) is 0.293. The summed E-state index contributed by atoms with van der Waals surface area (Å²) < 4.78 is 13.5. The van der Waals surface area contributed by atoms with Gasteiger partial charge in [-0.25, -0.2) is 0 Å². The summed E-state index contributed by atoms with van der Waals surface area (Å²) in [5.74, 6) is 1.27. The predicted molar refractivity (Wildman–Crippen MR) is 164 cm³/mol. The maximum absolute atomic E-state index is 13.5. The maximum Gasteiger partial charge on any atom is 0.0847 e. The number of piperidine rings is 1. The van der Waals surface area contributed by atoms with Crippen LogP contribution in [0.2, 0.25) is 0 Å². The molecular formula is C32H43FN4S. The van der Waals surface area contributed by atoms with Crippen molar-refractivity contribution >= 4 is 24.1 Å². The number of likely N-dealkylation sites (tertiary alicyclic amines) is 1. The molecule has 1 aliphatic carbocycles. The van der Waals surface area contributed by atoms with Gasteiger partial charge in [0.25, 0.3) is 0 Å². The van der Waals surface area contributed by atoms with Crippen LogP contribution in [0.3, 0.4) is 0 Å². The van der Waals surface area contributed by atoms with Crippen LogP contribution in [0.5, 0.6) is 0 Å². The molecule has 0 aromatic heterocycles. The van der Waals surface area contributed by atoms with Gasteiger partial charge < -0.3 is 10.2 Å². The third-order valence-corrected chi connectivity index (χ3v) is 7.85. The van der Waals surface area contributed by atoms with E-state index in [9.17, 15) is 3.89 Å². The van der Waals surface area contributed by atoms with Gasteiger partial charge in [-0.3, -0.25) is 9.98 Å². The van der Waals surface area contributed by atoms with E-state index < -0.39 is 0 Å². The molecule has 1 heterocycles. The first kappa shape index (κ1) is 29.7. The Kier molecular flexibility index (Phi) is 11.7. The third-order valence-electron chi connectivity index (χ3n) is 7.28. The summed E-state index contributed by atoms with van der Waals surface area (Å²) in [7, 11) is 1.63. The Balaban J connectivity index is 1.61. The summed E-state index contributed by atoms with van der Waals surface area (Å²) in [4.78, 5) is 11.7. The van der Waals surface area contributed by atoms with Gasteiger partial charge in [-0.15, -0.1) is 0 Å². The van der Waals surface area contributed by atoms with Gasteiger partial charge in [0.05, 0.1) is 28.5 Å². The first-order valence-electron chi connectivity index (χ1n) is 13.6. The number of benzene rings is 1. The van der Waals surface area contributed by atoms with Gasteiger partial charge in [-0.05, 0) is 69.1 Å². The van der Waals surface area contributed by atoms with Crippen LogP contribution in [0.1, 0.15) is 57.6 Å². The fraction of sp³-hybridized carbons (Fsp3) is 0.438. The number of halogens is 1. The summed E-state index contributed by atoms with van der Waals surface area (Å²) in [5.41, 5.74) is 7.26. The van der Waals surface area contributed by atoms with Gasteiger partial charge in [-0.1, -0.05) is 56.0 Å². The van der Waals surface area contributed by atoms with Gasteiger partial charge in [0.1, 0.15) is 0 Å². The summed E-state index contributed by atoms with van der Waals surface area (Å²) in [6.07, 6.45) is 14.9. The molecule has 0 spiro atoms. The van der Waals surface area contributed by atoms with Gasteiger partial charge in [-0.2, -0.15) is 3.89 Å². The lowest BCUT2D eigenvalue weighted by Gasteiger charge is -2.35. The molecule has 1 aromatic carbocycles. The van der Waals surface area contributed by atoms with E-state index in [0.29, 0.717) is 22.4 Å². The highest BCUT2D eigenvalue weighted by atomic mass is 32.2. The number of aliphatic imine (C=N–C) groups is 2. The van der Waals surface area contributed by atoms with E-state index in [1.54, 1.807) is 7.05 Å². The Morgan fingerprint density at radius 1 is 1.24 bits per heavy atom. The molecule has 4 nitrogen and oxygen atoms in total. The molecule has 204 valence electrons. The Hall–Kier alpha value is -2.86. The number of aryl methyl sites for hydroxylation is 1. The van der Waals surface area contributed by atoms with Crippen molar-refractivity contribution in [1.29, 1.82) is 0 Å². The zero-order chi connectivity index (χ0) is 27.5. The second-order valence-electron chi connectivity index (χ2n) is 10.5. The minimum atomic E-state index is 0.174. The molecule has 1 N–H and O–H groups in total. The van der Waals surface area contributed by atoms with Gasteiger partial charge in [0.2, 0.25) is 0 Å². The molecule has 38 heavy (non-hydrogen) atoms. The lowest BCUT2D eigenvalue weighted by Crippen LogP contribution is -2.36. The van der Waals surface area contributed by atoms with E-state index in [1.807, 2.05) is 19.1 Å². The van der Waals surface area contributed by atoms with Crippen molar-refractivity contribution in [3.63, 3.8) is 0 Å². The van der Waals surface area contributed by atoms with E-state index in [1.165, 1.54) is 17.5 Å². The topological polar surface area (TPSA) is 40.0 Å². The monoisotopic (exact) mass is 534 g/mol. The highest BCUT2D eigenvalue weighted by Gasteiger charge is 2.20. The van der Waals surface area contributed by atoms with Crippen LogP contribution in [0.15, 0.2) is 92.7 Å². The smallest absolute Gasteiger partial charge is 0.0847 e. The average Bonchev–Trinajstić information content (AvgIpc) is 2.92. The second-order valence-corrected chi connectivity index (χ2v) is 11.1. The van der Waals surface area contributed by atoms with Crippen molar-refractivity contribution in [3.05, 3.63) is 93.8 Å². The molecular weight excluding hydrogens is 491 g/mol. The molecule has 0 saturated carbocycles. The van der Waals surface area contributed by atoms with Crippen LogP contribution in [0, 0.1) is 18.8 Å². The van der Waals surface area contributed by atoms with Crippen LogP contribution < -0.4 is 5.32 Å². The molecule has 3 rings (SSSR count). The molecule has 6 heteroatoms. The molecule has 1 unspecified atom stereocenters. The van der Waals surface area contributed by atoms with Crippen molar-refractivity contribution in [2.24, 2.45) is 21.8 Å². The van der Waals surface area contributed by atoms with E-state index in [-0.39, 0.29) is 12.1 Å². The van der Waals surface area contributed by atoms with Crippen LogP contribution in [0.4, 0.5) is 3.89 Å². The maximum atomic E-state index is 13.5. The van der Waals surface area contributed by atoms with Crippen molar-refractivity contribution in [2.45, 2.75) is 53.4 Å². The highest BCUT2D eigenvalue weighted by Crippen LogP contribution is 2.26. The predicted octanol–water partition coefficient (Wildman–Crippen LogP) is 7.97. The van der Waals surface area contributed by atoms with Gasteiger partial charge >= 0.3 is 0 Å². The molecule has 2 aliphatic rings. The van der Waals surface area contributed by atoms with Crippen molar-refractivity contribution in [1.82, 2.24) is 10.2 Å². The molecule has 1 aromatic rings. The number of allylic oxidation sites excluding steroid dienone is 8. The molecule has 1 aliphatic heterocycles. The van der Waals surface area contributed by atoms with Crippen molar-refractivity contribution in [2.75, 3.05) is 26.7 Å². The SMILES string of the molecule is C=C(CC1=CCC(C)C=C1)N1CCC(CN/C(C)=C/C(=N/C(C)=C(/C=NC)SF)c2ccccc2C)CC1. The zero-order valence-electron chi connectivity index (χ0n) is 23.6. The van der Waals surface area contributed by atoms with E-state index in [0.717, 1.165) is 67.9 Å². The fourth-order valence-corrected chi connectivity index (χ4v) is 5.12. The number of nitrogens with zero attached hydrogens (tertiary/aromatic N) is 3. The fourth-order valence-electron chi connectivity index (χ4n) is 4.82. The highest BCUT2D eigenvalue weighted by molar-refractivity contribution is 7.99. The van der Waals surface area contributed by atoms with Crippen molar-refractivity contribution < 1.29 is 3.89 Å². The largest absolute Gasteiger partial charge is 0.388 e. The Morgan fingerprint density at radius 3 is 2.61 bits per heavy atom. The number of hydrogen-bond acceptors (Lipinski definition) is 5. The first-order chi connectivity index (χ1) is 18.3. The third kappa shape index (κ3) is 8.87. The zero-order valence-corrected chi connectivity index (χ0v) is 24.5. The average molecular weight is 535 g/mol. The lowest BCUT2D eigenvalue weighted by atomic mass is 9.94. The van der Waals surface area contributed by atoms with E-state index in [4.69, 9.17) is 4.99 Å². The van der Waals surface area contributed by atoms with E-state index in [2.05, 4.69) is 79.0 Å². The summed E-state index contributed by atoms with van der Waals surface area (Å²) in [6.45, 7) is 15.7. The normalized spacial score (nSPS) is 20.0. The molecule has 1 atom stereocenters. The standard InChI is InChI=1S/C32H43FN4S/c1-23-11-13-28(14-12-23)20-26(4)37-17-15-29(16-18-37)21-35-25(3)19-31(30-10-8-7-9-24(30)2)36-27(5)32(38-33)22-34-6/h7-11,13-14,19,22-23,29,35H,4,12,15-18,20-21H2,1-3,5-6H3/b25-19+,32-27-,34-22?,36-31-. The first-order valence-corrected chi connectivity index (χ1v) is 14.3. The number of nitrogens with one attached hydrogen (secondary N) is 1. The number of rotatable bonds is 11. The second kappa shape index (κ2) is 14.9. The lowest BCUT2D eigenvalue weighted by molar-refractivity contribution is 0.223. The Bertz CT molecular complexity index is 1150. The molecule has 1 fully saturated rings. The van der Waals surface area contributed by atoms with Crippen LogP contribution in [0.25, 0.3) is 0 Å². The Morgan fingerprint density at radius 2 is 1.97 bits per heavy atom. The molecule has 1 saturated heterocycles. The minimum absolute atomic E-state index is 0.174. The van der Waals surface area contributed by atoms with Crippen molar-refractivity contribution in [3.8, 4) is 0 Å². The Labute approximate surface area is 233 Å². The van der Waals surface area contributed by atoms with Crippen LogP contribution in [-0.2, 0) is 0 Å². The molecule has 0 radical (unpaired) electrons. The minimum Gasteiger partial charge on any atom is -0.388 e. The van der Waals surface area contributed by atoms with E-state index >= 15 is 0 Å². The summed E-state index contributed by atoms with van der Waals surface area (Å²) >= 11 is 0.174. The van der Waals surface area contributed by atoms with Gasteiger partial charge in [0.15, 0.2) is 0 Å². The van der Waals surface area contributed by atoms with Crippen LogP contribution in [-0.4, -0.2) is 43.5 Å².